The van der Waals surface area contributed by atoms with E-state index in [1.165, 1.54) is 40.4 Å². The molecular formula is C28H22Cl2N4O6. The van der Waals surface area contributed by atoms with Gasteiger partial charge in [0.25, 0.3) is 11.5 Å². The van der Waals surface area contributed by atoms with Gasteiger partial charge in [-0.2, -0.15) is 4.99 Å². The zero-order valence-electron chi connectivity index (χ0n) is 21.3. The van der Waals surface area contributed by atoms with E-state index in [1.807, 2.05) is 0 Å². The van der Waals surface area contributed by atoms with Crippen molar-refractivity contribution in [3.8, 4) is 5.75 Å². The Labute approximate surface area is 237 Å². The lowest BCUT2D eigenvalue weighted by Crippen LogP contribution is -2.34. The van der Waals surface area contributed by atoms with Crippen molar-refractivity contribution in [3.63, 3.8) is 0 Å². The van der Waals surface area contributed by atoms with E-state index in [0.717, 1.165) is 0 Å². The van der Waals surface area contributed by atoms with Crippen LogP contribution < -0.4 is 15.8 Å². The Morgan fingerprint density at radius 2 is 1.95 bits per heavy atom. The number of carbonyl (C=O) groups is 2. The van der Waals surface area contributed by atoms with Crippen LogP contribution in [0.25, 0.3) is 16.7 Å². The molecule has 0 fully saturated rings. The number of ether oxygens (including phenoxy) is 2. The molecule has 10 nitrogen and oxygen atoms in total. The van der Waals surface area contributed by atoms with Gasteiger partial charge in [0.2, 0.25) is 0 Å². The van der Waals surface area contributed by atoms with Gasteiger partial charge in [0.1, 0.15) is 28.4 Å². The fourth-order valence-corrected chi connectivity index (χ4v) is 4.53. The van der Waals surface area contributed by atoms with Gasteiger partial charge < -0.3 is 18.5 Å². The Morgan fingerprint density at radius 3 is 2.67 bits per heavy atom. The van der Waals surface area contributed by atoms with Crippen molar-refractivity contribution < 1.29 is 23.5 Å². The number of hydrogen-bond donors (Lipinski definition) is 0. The number of esters is 1. The molecule has 5 aromatic rings. The van der Waals surface area contributed by atoms with Gasteiger partial charge in [0, 0.05) is 11.2 Å². The molecule has 0 saturated heterocycles. The number of rotatable bonds is 7. The van der Waals surface area contributed by atoms with E-state index in [2.05, 4.69) is 9.98 Å². The summed E-state index contributed by atoms with van der Waals surface area (Å²) >= 11 is 12.2. The molecular weight excluding hydrogens is 559 g/mol. The van der Waals surface area contributed by atoms with Crippen LogP contribution in [0.2, 0.25) is 10.0 Å². The van der Waals surface area contributed by atoms with Crippen molar-refractivity contribution in [3.05, 3.63) is 104 Å². The van der Waals surface area contributed by atoms with Crippen LogP contribution in [0.15, 0.2) is 81.3 Å². The minimum Gasteiger partial charge on any atom is -0.479 e. The molecule has 0 N–H and O–H groups in total. The summed E-state index contributed by atoms with van der Waals surface area (Å²) in [4.78, 5) is 48.9. The molecule has 1 amide bonds. The summed E-state index contributed by atoms with van der Waals surface area (Å²) in [6, 6.07) is 14.5. The van der Waals surface area contributed by atoms with Gasteiger partial charge in [0.15, 0.2) is 11.6 Å². The number of fused-ring (bicyclic) bond motifs is 2. The van der Waals surface area contributed by atoms with E-state index in [0.29, 0.717) is 16.4 Å². The second-order valence-corrected chi connectivity index (χ2v) is 9.48. The lowest BCUT2D eigenvalue weighted by molar-refractivity contribution is -0.124. The summed E-state index contributed by atoms with van der Waals surface area (Å²) in [5, 5.41) is 0.752. The summed E-state index contributed by atoms with van der Waals surface area (Å²) in [6.07, 6.45) is 1.96. The lowest BCUT2D eigenvalue weighted by Gasteiger charge is -2.16. The fraction of sp³-hybridized carbons (Fsp3) is 0.179. The molecule has 0 aliphatic carbocycles. The topological polar surface area (TPSA) is 117 Å². The molecule has 5 rings (SSSR count). The second-order valence-electron chi connectivity index (χ2n) is 8.64. The normalized spacial score (nSPS) is 12.6. The number of carbonyl (C=O) groups excluding carboxylic acids is 2. The molecule has 1 aromatic carbocycles. The van der Waals surface area contributed by atoms with E-state index in [4.69, 9.17) is 37.1 Å². The Hall–Kier alpha value is -4.41. The van der Waals surface area contributed by atoms with Gasteiger partial charge in [-0.1, -0.05) is 29.3 Å². The molecule has 0 saturated carbocycles. The van der Waals surface area contributed by atoms with Gasteiger partial charge >= 0.3 is 5.97 Å². The third kappa shape index (κ3) is 5.36. The van der Waals surface area contributed by atoms with E-state index in [1.54, 1.807) is 49.5 Å². The number of amides is 1. The maximum absolute atomic E-state index is 13.5. The first-order valence-corrected chi connectivity index (χ1v) is 13.0. The largest absolute Gasteiger partial charge is 0.479 e. The first-order chi connectivity index (χ1) is 19.3. The van der Waals surface area contributed by atoms with Crippen LogP contribution in [0.1, 0.15) is 30.0 Å². The lowest BCUT2D eigenvalue weighted by atomic mass is 10.2. The number of hydrogen-bond acceptors (Lipinski definition) is 7. The Kier molecular flexibility index (Phi) is 7.72. The monoisotopic (exact) mass is 580 g/mol. The summed E-state index contributed by atoms with van der Waals surface area (Å²) in [7, 11) is 0. The number of nitrogens with zero attached hydrogens (tertiary/aromatic N) is 4. The van der Waals surface area contributed by atoms with Crippen LogP contribution in [0, 0.1) is 0 Å². The molecule has 0 radical (unpaired) electrons. The predicted octanol–water partition coefficient (Wildman–Crippen LogP) is 4.67. The molecule has 0 aliphatic rings. The van der Waals surface area contributed by atoms with Crippen LogP contribution in [-0.4, -0.2) is 38.5 Å². The average Bonchev–Trinajstić information content (AvgIpc) is 3.45. The van der Waals surface area contributed by atoms with Crippen LogP contribution in [0.3, 0.4) is 0 Å². The third-order valence-corrected chi connectivity index (χ3v) is 6.47. The molecule has 40 heavy (non-hydrogen) atoms. The summed E-state index contributed by atoms with van der Waals surface area (Å²) in [6.45, 7) is 3.22. The van der Waals surface area contributed by atoms with E-state index >= 15 is 0 Å². The zero-order valence-corrected chi connectivity index (χ0v) is 22.8. The van der Waals surface area contributed by atoms with E-state index < -0.39 is 23.5 Å². The SMILES string of the molecule is CCOC(=O)c1cc2c(=O)n3ccccc3nc2n(Cc2ccco2)c1=NC(=O)[C@@H](C)Oc1ccc(Cl)cc1Cl. The third-order valence-electron chi connectivity index (χ3n) is 5.94. The van der Waals surface area contributed by atoms with Gasteiger partial charge in [-0.25, -0.2) is 9.78 Å². The van der Waals surface area contributed by atoms with Crippen molar-refractivity contribution >= 4 is 51.8 Å². The number of pyridine rings is 2. The molecule has 204 valence electrons. The highest BCUT2D eigenvalue weighted by atomic mass is 35.5. The average molecular weight is 581 g/mol. The number of halogens is 2. The molecule has 4 aromatic heterocycles. The molecule has 0 spiro atoms. The molecule has 0 bridgehead atoms. The highest BCUT2D eigenvalue weighted by Gasteiger charge is 2.23. The quantitative estimate of drug-likeness (QED) is 0.203. The molecule has 1 atom stereocenters. The predicted molar refractivity (Wildman–Crippen MR) is 148 cm³/mol. The standard InChI is InChI=1S/C28H22Cl2N4O6/c1-3-38-28(37)20-14-19-24(31-23-8-4-5-11-33(23)27(19)36)34(15-18-7-6-12-39-18)25(20)32-26(35)16(2)40-22-10-9-17(29)13-21(22)30/h4-14,16H,3,15H2,1-2H3/t16-/m1/s1. The van der Waals surface area contributed by atoms with Gasteiger partial charge in [-0.15, -0.1) is 0 Å². The summed E-state index contributed by atoms with van der Waals surface area (Å²) in [5.41, 5.74) is -0.0193. The Morgan fingerprint density at radius 1 is 1.12 bits per heavy atom. The molecule has 12 heteroatoms. The highest BCUT2D eigenvalue weighted by molar-refractivity contribution is 6.35. The number of benzene rings is 1. The Bertz CT molecular complexity index is 1880. The minimum atomic E-state index is -1.10. The van der Waals surface area contributed by atoms with Gasteiger partial charge in [-0.3, -0.25) is 14.0 Å². The Balaban J connectivity index is 1.75. The van der Waals surface area contributed by atoms with Crippen molar-refractivity contribution in [2.24, 2.45) is 4.99 Å². The van der Waals surface area contributed by atoms with E-state index in [-0.39, 0.29) is 46.0 Å². The van der Waals surface area contributed by atoms with Crippen LogP contribution >= 0.6 is 23.2 Å². The smallest absolute Gasteiger partial charge is 0.341 e. The van der Waals surface area contributed by atoms with E-state index in [9.17, 15) is 14.4 Å². The first-order valence-electron chi connectivity index (χ1n) is 12.2. The second kappa shape index (κ2) is 11.4. The number of aromatic nitrogens is 3. The fourth-order valence-electron chi connectivity index (χ4n) is 4.07. The van der Waals surface area contributed by atoms with Crippen LogP contribution in [0.5, 0.6) is 5.75 Å². The maximum atomic E-state index is 13.5. The minimum absolute atomic E-state index is 0.0105. The molecule has 0 unspecified atom stereocenters. The van der Waals surface area contributed by atoms with Crippen molar-refractivity contribution in [2.75, 3.05) is 6.61 Å². The van der Waals surface area contributed by atoms with Gasteiger partial charge in [-0.05, 0) is 62.4 Å². The molecule has 0 aliphatic heterocycles. The van der Waals surface area contributed by atoms with Crippen LogP contribution in [-0.2, 0) is 16.1 Å². The maximum Gasteiger partial charge on any atom is 0.341 e. The van der Waals surface area contributed by atoms with Crippen LogP contribution in [0.4, 0.5) is 0 Å². The highest BCUT2D eigenvalue weighted by Crippen LogP contribution is 2.28. The number of furan rings is 1. The van der Waals surface area contributed by atoms with Crippen molar-refractivity contribution in [2.45, 2.75) is 26.5 Å². The molecule has 4 heterocycles. The van der Waals surface area contributed by atoms with Crippen molar-refractivity contribution in [1.82, 2.24) is 14.0 Å². The zero-order chi connectivity index (χ0) is 28.4. The first kappa shape index (κ1) is 27.2. The van der Waals surface area contributed by atoms with Gasteiger partial charge in [0.05, 0.1) is 29.8 Å². The van der Waals surface area contributed by atoms with Crippen molar-refractivity contribution in [1.29, 1.82) is 0 Å². The summed E-state index contributed by atoms with van der Waals surface area (Å²) < 4.78 is 19.4. The summed E-state index contributed by atoms with van der Waals surface area (Å²) in [5.74, 6) is -0.781.